The second-order valence-corrected chi connectivity index (χ2v) is 18.6. The third-order valence-electron chi connectivity index (χ3n) is 7.97. The Balaban J connectivity index is 0.00000102. The Morgan fingerprint density at radius 3 is 0.870 bits per heavy atom. The predicted octanol–water partition coefficient (Wildman–Crippen LogP) is 5.26. The number of phosphoric acid groups is 2. The number of hydrogen-bond acceptors (Lipinski definition) is 7. The Bertz CT molecular complexity index is 1260. The van der Waals surface area contributed by atoms with Crippen molar-refractivity contribution in [3.05, 3.63) is 69.8 Å². The summed E-state index contributed by atoms with van der Waals surface area (Å²) >= 11 is 0. The molecule has 0 heterocycles. The topological polar surface area (TPSA) is 205 Å². The molecule has 0 aromatic heterocycles. The van der Waals surface area contributed by atoms with E-state index >= 15 is 0 Å². The fourth-order valence-corrected chi connectivity index (χ4v) is 6.78. The lowest BCUT2D eigenvalue weighted by Gasteiger charge is -2.51. The standard InChI is InChI=1S/C33H52O4.H4O7P2/c1-28(2,3)22-15-13-16-23(29(4,5)6)26(22)33(37,32(19-34,20-35)21-36)27-24(30(7,8)9)17-14-18-25(27)31(10,11)12;1-8(2,3)7-9(4,5)6/h13-18,34-37H,19-21H2,1-12H3;(H2,1,2,3)(H2,4,5,6). The average molecular weight is 691 g/mol. The molecular weight excluding hydrogens is 634 g/mol. The van der Waals surface area contributed by atoms with Gasteiger partial charge >= 0.3 is 15.6 Å². The maximum absolute atomic E-state index is 13.6. The maximum atomic E-state index is 13.6. The van der Waals surface area contributed by atoms with Gasteiger partial charge in [-0.3, -0.25) is 0 Å². The number of aliphatic hydroxyl groups excluding tert-OH is 3. The zero-order valence-electron chi connectivity index (χ0n) is 29.3. The molecule has 2 rings (SSSR count). The highest BCUT2D eigenvalue weighted by Crippen LogP contribution is 2.56. The maximum Gasteiger partial charge on any atom is 0.478 e. The molecular formula is C33H56O11P2. The highest BCUT2D eigenvalue weighted by molar-refractivity contribution is 7.60. The van der Waals surface area contributed by atoms with E-state index in [2.05, 4.69) is 87.4 Å². The van der Waals surface area contributed by atoms with E-state index in [1.165, 1.54) is 0 Å². The van der Waals surface area contributed by atoms with E-state index in [0.717, 1.165) is 22.3 Å². The summed E-state index contributed by atoms with van der Waals surface area (Å²) in [5.41, 5.74) is -0.0221. The summed E-state index contributed by atoms with van der Waals surface area (Å²) in [5.74, 6) is 0. The zero-order valence-corrected chi connectivity index (χ0v) is 31.1. The Labute approximate surface area is 274 Å². The summed E-state index contributed by atoms with van der Waals surface area (Å²) < 4.78 is 22.2. The van der Waals surface area contributed by atoms with Gasteiger partial charge in [0.15, 0.2) is 0 Å². The molecule has 0 radical (unpaired) electrons. The summed E-state index contributed by atoms with van der Waals surface area (Å²) in [6, 6.07) is 12.2. The average Bonchev–Trinajstić information content (AvgIpc) is 2.85. The molecule has 0 aliphatic carbocycles. The molecule has 0 bridgehead atoms. The molecule has 46 heavy (non-hydrogen) atoms. The van der Waals surface area contributed by atoms with Crippen molar-refractivity contribution in [3.8, 4) is 0 Å². The molecule has 0 aliphatic rings. The Morgan fingerprint density at radius 2 is 0.739 bits per heavy atom. The Kier molecular flexibility index (Phi) is 13.1. The van der Waals surface area contributed by atoms with Gasteiger partial charge in [-0.1, -0.05) is 119 Å². The van der Waals surface area contributed by atoms with Crippen LogP contribution < -0.4 is 0 Å². The van der Waals surface area contributed by atoms with Crippen LogP contribution in [0.4, 0.5) is 0 Å². The molecule has 0 saturated carbocycles. The van der Waals surface area contributed by atoms with Gasteiger partial charge in [-0.05, 0) is 55.0 Å². The smallest absolute Gasteiger partial charge is 0.395 e. The molecule has 0 spiro atoms. The lowest BCUT2D eigenvalue weighted by molar-refractivity contribution is -0.138. The quantitative estimate of drug-likeness (QED) is 0.168. The third kappa shape index (κ3) is 9.80. The number of aliphatic hydroxyl groups is 4. The summed E-state index contributed by atoms with van der Waals surface area (Å²) in [6.07, 6.45) is 0. The molecule has 11 nitrogen and oxygen atoms in total. The number of rotatable bonds is 8. The van der Waals surface area contributed by atoms with Gasteiger partial charge in [0.25, 0.3) is 0 Å². The first-order chi connectivity index (χ1) is 20.3. The predicted molar refractivity (Wildman–Crippen MR) is 180 cm³/mol. The molecule has 2 aromatic carbocycles. The fraction of sp³-hybridized carbons (Fsp3) is 0.636. The highest BCUT2D eigenvalue weighted by atomic mass is 31.3. The van der Waals surface area contributed by atoms with E-state index < -0.39 is 46.5 Å². The molecule has 2 aromatic rings. The molecule has 0 aliphatic heterocycles. The van der Waals surface area contributed by atoms with Crippen LogP contribution in [0.1, 0.15) is 116 Å². The van der Waals surface area contributed by atoms with E-state index in [-0.39, 0.29) is 21.7 Å². The summed E-state index contributed by atoms with van der Waals surface area (Å²) in [7, 11) is -10.1. The van der Waals surface area contributed by atoms with Gasteiger partial charge in [0.2, 0.25) is 0 Å². The number of benzene rings is 2. The van der Waals surface area contributed by atoms with Crippen LogP contribution in [0.15, 0.2) is 36.4 Å². The minimum atomic E-state index is -5.05. The van der Waals surface area contributed by atoms with Crippen LogP contribution in [0.3, 0.4) is 0 Å². The molecule has 13 heteroatoms. The summed E-state index contributed by atoms with van der Waals surface area (Å²) in [4.78, 5) is 31.0. The van der Waals surface area contributed by atoms with Gasteiger partial charge < -0.3 is 40.0 Å². The molecule has 0 fully saturated rings. The van der Waals surface area contributed by atoms with Crippen LogP contribution in [-0.2, 0) is 40.7 Å². The molecule has 0 unspecified atom stereocenters. The van der Waals surface area contributed by atoms with Gasteiger partial charge in [-0.2, -0.15) is 4.31 Å². The van der Waals surface area contributed by atoms with Crippen molar-refractivity contribution in [2.75, 3.05) is 19.8 Å². The Morgan fingerprint density at radius 1 is 0.522 bits per heavy atom. The first-order valence-electron chi connectivity index (χ1n) is 15.0. The minimum absolute atomic E-state index is 0.366. The van der Waals surface area contributed by atoms with Crippen molar-refractivity contribution in [2.24, 2.45) is 5.41 Å². The highest BCUT2D eigenvalue weighted by Gasteiger charge is 2.57. The lowest BCUT2D eigenvalue weighted by atomic mass is 9.56. The first kappa shape index (κ1) is 42.6. The molecule has 0 atom stereocenters. The van der Waals surface area contributed by atoms with Gasteiger partial charge in [0, 0.05) is 0 Å². The van der Waals surface area contributed by atoms with Gasteiger partial charge in [0.05, 0.1) is 25.2 Å². The van der Waals surface area contributed by atoms with Crippen LogP contribution in [0.25, 0.3) is 0 Å². The van der Waals surface area contributed by atoms with Crippen molar-refractivity contribution in [1.29, 1.82) is 0 Å². The van der Waals surface area contributed by atoms with E-state index in [1.54, 1.807) is 0 Å². The van der Waals surface area contributed by atoms with Gasteiger partial charge in [-0.25, -0.2) is 9.13 Å². The SMILES string of the molecule is CC(C)(C)c1cccc(C(C)(C)C)c1C(O)(c1c(C(C)(C)C)cccc1C(C)(C)C)C(CO)(CO)CO.O=P(O)(O)OP(=O)(O)O. The van der Waals surface area contributed by atoms with Crippen LogP contribution in [0.2, 0.25) is 0 Å². The van der Waals surface area contributed by atoms with Crippen LogP contribution in [0.5, 0.6) is 0 Å². The fourth-order valence-electron chi connectivity index (χ4n) is 5.67. The number of hydrogen-bond donors (Lipinski definition) is 8. The van der Waals surface area contributed by atoms with Crippen molar-refractivity contribution < 1.29 is 53.4 Å². The second-order valence-electron chi connectivity index (χ2n) is 16.0. The molecule has 8 N–H and O–H groups in total. The van der Waals surface area contributed by atoms with Gasteiger partial charge in [-0.15, -0.1) is 0 Å². The van der Waals surface area contributed by atoms with E-state index in [9.17, 15) is 29.6 Å². The summed E-state index contributed by atoms with van der Waals surface area (Å²) in [6.45, 7) is 23.5. The first-order valence-corrected chi connectivity index (χ1v) is 18.1. The van der Waals surface area contributed by atoms with Crippen LogP contribution >= 0.6 is 15.6 Å². The van der Waals surface area contributed by atoms with Gasteiger partial charge in [0.1, 0.15) is 5.60 Å². The normalized spacial score (nSPS) is 14.2. The van der Waals surface area contributed by atoms with Crippen molar-refractivity contribution in [3.63, 3.8) is 0 Å². The monoisotopic (exact) mass is 690 g/mol. The van der Waals surface area contributed by atoms with Crippen molar-refractivity contribution in [1.82, 2.24) is 0 Å². The second kappa shape index (κ2) is 14.2. The largest absolute Gasteiger partial charge is 0.478 e. The summed E-state index contributed by atoms with van der Waals surface area (Å²) in [5, 5.41) is 46.3. The van der Waals surface area contributed by atoms with Crippen LogP contribution in [0, 0.1) is 5.41 Å². The van der Waals surface area contributed by atoms with E-state index in [1.807, 2.05) is 36.4 Å². The van der Waals surface area contributed by atoms with Crippen molar-refractivity contribution >= 4 is 15.6 Å². The van der Waals surface area contributed by atoms with E-state index in [0.29, 0.717) is 11.1 Å². The zero-order chi connectivity index (χ0) is 36.5. The molecule has 0 saturated heterocycles. The molecule has 264 valence electrons. The van der Waals surface area contributed by atoms with Crippen molar-refractivity contribution in [2.45, 2.75) is 110 Å². The lowest BCUT2D eigenvalue weighted by Crippen LogP contribution is -2.57. The van der Waals surface area contributed by atoms with Crippen LogP contribution in [-0.4, -0.2) is 59.8 Å². The minimum Gasteiger partial charge on any atom is -0.395 e. The molecule has 0 amide bonds. The third-order valence-corrected chi connectivity index (χ3v) is 9.67. The van der Waals surface area contributed by atoms with E-state index in [4.69, 9.17) is 19.6 Å². The Hall–Kier alpha value is -1.46.